The predicted molar refractivity (Wildman–Crippen MR) is 56.3 cm³/mol. The predicted octanol–water partition coefficient (Wildman–Crippen LogP) is 2.88. The average Bonchev–Trinajstić information content (AvgIpc) is 2.35. The number of pyridine rings is 1. The van der Waals surface area contributed by atoms with Gasteiger partial charge in [-0.2, -0.15) is 26.3 Å². The minimum Gasteiger partial charge on any atom is -0.465 e. The molecule has 0 atom stereocenters. The number of nitrogens with zero attached hydrogens (tertiary/aromatic N) is 1. The molecule has 0 saturated heterocycles. The van der Waals surface area contributed by atoms with Crippen LogP contribution in [-0.4, -0.2) is 36.5 Å². The first kappa shape index (κ1) is 17.2. The highest BCUT2D eigenvalue weighted by atomic mass is 19.4. The number of hydrogen-bond acceptors (Lipinski definition) is 4. The Balaban J connectivity index is 2.75. The molecule has 10 heteroatoms. The number of carbonyl (C=O) groups is 1. The van der Waals surface area contributed by atoms with Gasteiger partial charge in [0.25, 0.3) is 0 Å². The number of rotatable bonds is 4. The highest BCUT2D eigenvalue weighted by Gasteiger charge is 2.57. The van der Waals surface area contributed by atoms with Crippen LogP contribution in [0.5, 0.6) is 0 Å². The van der Waals surface area contributed by atoms with Crippen molar-refractivity contribution in [1.82, 2.24) is 4.98 Å². The summed E-state index contributed by atoms with van der Waals surface area (Å²) >= 11 is 0. The summed E-state index contributed by atoms with van der Waals surface area (Å²) in [7, 11) is 1.11. The number of alkyl halides is 6. The summed E-state index contributed by atoms with van der Waals surface area (Å²) in [6.45, 7) is -1.01. The molecular weight excluding hydrogens is 308 g/mol. The maximum Gasteiger partial charge on any atom is 0.423 e. The Bertz CT molecular complexity index is 468. The molecule has 1 aromatic rings. The first-order valence-corrected chi connectivity index (χ1v) is 5.34. The number of methoxy groups -OCH3 is 1. The summed E-state index contributed by atoms with van der Waals surface area (Å²) in [5, 5.41) is 0. The molecule has 1 rings (SSSR count). The monoisotopic (exact) mass is 317 g/mol. The lowest BCUT2D eigenvalue weighted by Crippen LogP contribution is -2.44. The van der Waals surface area contributed by atoms with Crippen LogP contribution in [0.3, 0.4) is 0 Å². The van der Waals surface area contributed by atoms with Gasteiger partial charge in [0.15, 0.2) is 0 Å². The number of hydrogen-bond donors (Lipinski definition) is 0. The molecule has 0 aliphatic heterocycles. The van der Waals surface area contributed by atoms with Crippen molar-refractivity contribution in [3.63, 3.8) is 0 Å². The van der Waals surface area contributed by atoms with E-state index in [1.54, 1.807) is 0 Å². The molecule has 0 radical (unpaired) electrons. The SMILES string of the molecule is COC(=O)c1ccc(COC(C(F)(F)F)C(F)(F)F)nc1. The first-order valence-electron chi connectivity index (χ1n) is 5.34. The summed E-state index contributed by atoms with van der Waals surface area (Å²) in [5.41, 5.74) is -0.189. The maximum absolute atomic E-state index is 12.2. The third-order valence-corrected chi connectivity index (χ3v) is 2.24. The second kappa shape index (κ2) is 6.29. The number of aromatic nitrogens is 1. The van der Waals surface area contributed by atoms with Gasteiger partial charge in [-0.15, -0.1) is 0 Å². The van der Waals surface area contributed by atoms with E-state index in [4.69, 9.17) is 0 Å². The van der Waals surface area contributed by atoms with Crippen molar-refractivity contribution in [2.75, 3.05) is 7.11 Å². The van der Waals surface area contributed by atoms with Crippen LogP contribution in [0.2, 0.25) is 0 Å². The fourth-order valence-electron chi connectivity index (χ4n) is 1.29. The zero-order valence-corrected chi connectivity index (χ0v) is 10.5. The molecule has 0 unspecified atom stereocenters. The van der Waals surface area contributed by atoms with Crippen LogP contribution in [0.4, 0.5) is 26.3 Å². The Kier molecular flexibility index (Phi) is 5.15. The van der Waals surface area contributed by atoms with Crippen LogP contribution < -0.4 is 0 Å². The quantitative estimate of drug-likeness (QED) is 0.633. The van der Waals surface area contributed by atoms with Crippen molar-refractivity contribution < 1.29 is 40.6 Å². The summed E-state index contributed by atoms with van der Waals surface area (Å²) in [4.78, 5) is 14.6. The number of carbonyl (C=O) groups excluding carboxylic acids is 1. The van der Waals surface area contributed by atoms with Gasteiger partial charge in [-0.3, -0.25) is 4.98 Å². The van der Waals surface area contributed by atoms with E-state index < -0.39 is 31.0 Å². The van der Waals surface area contributed by atoms with Gasteiger partial charge in [0, 0.05) is 6.20 Å². The van der Waals surface area contributed by atoms with Gasteiger partial charge in [0.2, 0.25) is 6.10 Å². The molecule has 0 spiro atoms. The molecule has 0 saturated carbocycles. The normalized spacial score (nSPS) is 12.6. The highest BCUT2D eigenvalue weighted by Crippen LogP contribution is 2.36. The van der Waals surface area contributed by atoms with Crippen LogP contribution in [0.1, 0.15) is 16.1 Å². The maximum atomic E-state index is 12.2. The van der Waals surface area contributed by atoms with E-state index in [0.717, 1.165) is 25.4 Å². The molecule has 0 aliphatic rings. The van der Waals surface area contributed by atoms with Crippen molar-refractivity contribution in [3.05, 3.63) is 29.6 Å². The van der Waals surface area contributed by atoms with Gasteiger partial charge in [0.05, 0.1) is 25.0 Å². The zero-order chi connectivity index (χ0) is 16.3. The van der Waals surface area contributed by atoms with Gasteiger partial charge in [-0.05, 0) is 12.1 Å². The number of esters is 1. The lowest BCUT2D eigenvalue weighted by atomic mass is 10.2. The van der Waals surface area contributed by atoms with Crippen molar-refractivity contribution in [1.29, 1.82) is 0 Å². The van der Waals surface area contributed by atoms with E-state index in [-0.39, 0.29) is 11.3 Å². The Labute approximate surface area is 114 Å². The zero-order valence-electron chi connectivity index (χ0n) is 10.5. The number of ether oxygens (including phenoxy) is 2. The number of halogens is 6. The van der Waals surface area contributed by atoms with Crippen molar-refractivity contribution >= 4 is 5.97 Å². The van der Waals surface area contributed by atoms with E-state index in [9.17, 15) is 31.1 Å². The van der Waals surface area contributed by atoms with Gasteiger partial charge in [0.1, 0.15) is 0 Å². The van der Waals surface area contributed by atoms with E-state index in [2.05, 4.69) is 14.5 Å². The van der Waals surface area contributed by atoms with Crippen LogP contribution in [0.25, 0.3) is 0 Å². The smallest absolute Gasteiger partial charge is 0.423 e. The van der Waals surface area contributed by atoms with E-state index in [0.29, 0.717) is 0 Å². The van der Waals surface area contributed by atoms with E-state index >= 15 is 0 Å². The molecule has 0 aliphatic carbocycles. The summed E-state index contributed by atoms with van der Waals surface area (Å²) in [5.74, 6) is -0.738. The largest absolute Gasteiger partial charge is 0.465 e. The van der Waals surface area contributed by atoms with Gasteiger partial charge in [-0.25, -0.2) is 4.79 Å². The Morgan fingerprint density at radius 2 is 1.76 bits per heavy atom. The Hall–Kier alpha value is -1.84. The van der Waals surface area contributed by atoms with Crippen LogP contribution in [0, 0.1) is 0 Å². The van der Waals surface area contributed by atoms with Gasteiger partial charge < -0.3 is 9.47 Å². The molecule has 0 bridgehead atoms. The molecular formula is C11H9F6NO3. The molecule has 118 valence electrons. The van der Waals surface area contributed by atoms with Crippen molar-refractivity contribution in [2.24, 2.45) is 0 Å². The topological polar surface area (TPSA) is 48.4 Å². The van der Waals surface area contributed by atoms with E-state index in [1.165, 1.54) is 0 Å². The van der Waals surface area contributed by atoms with Crippen LogP contribution >= 0.6 is 0 Å². The van der Waals surface area contributed by atoms with Crippen LogP contribution in [0.15, 0.2) is 18.3 Å². The third kappa shape index (κ3) is 4.88. The fourth-order valence-corrected chi connectivity index (χ4v) is 1.29. The second-order valence-electron chi connectivity index (χ2n) is 3.80. The average molecular weight is 317 g/mol. The Morgan fingerprint density at radius 3 is 2.14 bits per heavy atom. The van der Waals surface area contributed by atoms with Gasteiger partial charge >= 0.3 is 18.3 Å². The first-order chi connectivity index (χ1) is 9.55. The summed E-state index contributed by atoms with van der Waals surface area (Å²) in [6, 6.07) is 2.21. The van der Waals surface area contributed by atoms with Crippen LogP contribution in [-0.2, 0) is 16.1 Å². The lowest BCUT2D eigenvalue weighted by molar-refractivity contribution is -0.324. The second-order valence-corrected chi connectivity index (χ2v) is 3.80. The van der Waals surface area contributed by atoms with Gasteiger partial charge in [-0.1, -0.05) is 0 Å². The molecule has 1 aromatic heterocycles. The molecule has 21 heavy (non-hydrogen) atoms. The highest BCUT2D eigenvalue weighted by molar-refractivity contribution is 5.88. The lowest BCUT2D eigenvalue weighted by Gasteiger charge is -2.22. The Morgan fingerprint density at radius 1 is 1.19 bits per heavy atom. The molecule has 0 amide bonds. The minimum atomic E-state index is -5.58. The summed E-state index contributed by atoms with van der Waals surface area (Å²) < 4.78 is 81.5. The van der Waals surface area contributed by atoms with E-state index in [1.807, 2.05) is 0 Å². The molecule has 0 N–H and O–H groups in total. The molecule has 0 aromatic carbocycles. The molecule has 1 heterocycles. The summed E-state index contributed by atoms with van der Waals surface area (Å²) in [6.07, 6.45) is -14.1. The standard InChI is InChI=1S/C11H9F6NO3/c1-20-8(19)6-2-3-7(18-4-6)5-21-9(10(12,13)14)11(15,16)17/h2-4,9H,5H2,1H3. The minimum absolute atomic E-state index is 0.00411. The third-order valence-electron chi connectivity index (χ3n) is 2.24. The molecule has 4 nitrogen and oxygen atoms in total. The fraction of sp³-hybridized carbons (Fsp3) is 0.455. The van der Waals surface area contributed by atoms with Crippen molar-refractivity contribution in [3.8, 4) is 0 Å². The molecule has 0 fully saturated rings. The van der Waals surface area contributed by atoms with Crippen molar-refractivity contribution in [2.45, 2.75) is 25.1 Å².